The summed E-state index contributed by atoms with van der Waals surface area (Å²) in [6.07, 6.45) is 3.83. The number of methoxy groups -OCH3 is 1. The average Bonchev–Trinajstić information content (AvgIpc) is 2.39. The molecule has 0 unspecified atom stereocenters. The maximum atomic E-state index is 10.7. The van der Waals surface area contributed by atoms with Gasteiger partial charge in [-0.15, -0.1) is 0 Å². The Bertz CT molecular complexity index is 585. The van der Waals surface area contributed by atoms with Gasteiger partial charge in [-0.3, -0.25) is 10.1 Å². The van der Waals surface area contributed by atoms with Gasteiger partial charge in [-0.25, -0.2) is 4.57 Å². The van der Waals surface area contributed by atoms with Crippen LogP contribution in [0.4, 0.5) is 5.69 Å². The van der Waals surface area contributed by atoms with Gasteiger partial charge in [0.1, 0.15) is 12.8 Å². The Morgan fingerprint density at radius 3 is 2.37 bits per heavy atom. The number of benzene rings is 1. The SMILES string of the molecule is COc1cc([N+](=O)[O-])ccc1-c1cc[n+](C)cc1.[I-]. The molecule has 100 valence electrons. The third-order valence-electron chi connectivity index (χ3n) is 2.69. The lowest BCUT2D eigenvalue weighted by Gasteiger charge is -2.07. The lowest BCUT2D eigenvalue weighted by Crippen LogP contribution is -3.00. The summed E-state index contributed by atoms with van der Waals surface area (Å²) in [5, 5.41) is 10.7. The number of ether oxygens (including phenoxy) is 1. The highest BCUT2D eigenvalue weighted by Gasteiger charge is 2.13. The van der Waals surface area contributed by atoms with E-state index >= 15 is 0 Å². The second-order valence-corrected chi connectivity index (χ2v) is 3.89. The number of nitrogens with zero attached hydrogens (tertiary/aromatic N) is 2. The van der Waals surface area contributed by atoms with Crippen molar-refractivity contribution in [1.82, 2.24) is 0 Å². The van der Waals surface area contributed by atoms with Gasteiger partial charge in [-0.2, -0.15) is 0 Å². The molecule has 0 aliphatic heterocycles. The van der Waals surface area contributed by atoms with E-state index in [9.17, 15) is 10.1 Å². The van der Waals surface area contributed by atoms with Crippen LogP contribution in [-0.2, 0) is 7.05 Å². The molecule has 6 heteroatoms. The van der Waals surface area contributed by atoms with Gasteiger partial charge < -0.3 is 28.7 Å². The van der Waals surface area contributed by atoms with Crippen molar-refractivity contribution in [2.24, 2.45) is 7.05 Å². The quantitative estimate of drug-likeness (QED) is 0.304. The molecule has 0 radical (unpaired) electrons. The van der Waals surface area contributed by atoms with Crippen LogP contribution in [0.2, 0.25) is 0 Å². The zero-order chi connectivity index (χ0) is 13.1. The monoisotopic (exact) mass is 372 g/mol. The number of rotatable bonds is 3. The van der Waals surface area contributed by atoms with Crippen molar-refractivity contribution in [2.75, 3.05) is 7.11 Å². The number of nitro benzene ring substituents is 1. The third kappa shape index (κ3) is 3.40. The summed E-state index contributed by atoms with van der Waals surface area (Å²) in [4.78, 5) is 10.3. The van der Waals surface area contributed by atoms with E-state index in [2.05, 4.69) is 0 Å². The van der Waals surface area contributed by atoms with E-state index in [1.54, 1.807) is 6.07 Å². The third-order valence-corrected chi connectivity index (χ3v) is 2.69. The summed E-state index contributed by atoms with van der Waals surface area (Å²) < 4.78 is 7.13. The first-order valence-electron chi connectivity index (χ1n) is 5.40. The second kappa shape index (κ2) is 6.46. The molecule has 0 spiro atoms. The second-order valence-electron chi connectivity index (χ2n) is 3.89. The lowest BCUT2D eigenvalue weighted by molar-refractivity contribution is -0.671. The van der Waals surface area contributed by atoms with Crippen LogP contribution in [0.1, 0.15) is 0 Å². The minimum Gasteiger partial charge on any atom is -1.00 e. The summed E-state index contributed by atoms with van der Waals surface area (Å²) in [5.74, 6) is 0.498. The highest BCUT2D eigenvalue weighted by molar-refractivity contribution is 5.71. The maximum absolute atomic E-state index is 10.7. The van der Waals surface area contributed by atoms with E-state index in [1.165, 1.54) is 19.2 Å². The van der Waals surface area contributed by atoms with Gasteiger partial charge in [-0.1, -0.05) is 0 Å². The number of non-ortho nitro benzene ring substituents is 1. The first-order chi connectivity index (χ1) is 8.61. The largest absolute Gasteiger partial charge is 1.00 e. The fraction of sp³-hybridized carbons (Fsp3) is 0.154. The first kappa shape index (κ1) is 15.4. The van der Waals surface area contributed by atoms with Crippen LogP contribution in [-0.4, -0.2) is 12.0 Å². The molecule has 0 saturated carbocycles. The molecule has 0 fully saturated rings. The molecule has 19 heavy (non-hydrogen) atoms. The van der Waals surface area contributed by atoms with Crippen molar-refractivity contribution in [2.45, 2.75) is 0 Å². The number of aromatic nitrogens is 1. The normalized spacial score (nSPS) is 9.58. The molecule has 1 heterocycles. The molecule has 2 aromatic rings. The van der Waals surface area contributed by atoms with E-state index in [1.807, 2.05) is 36.1 Å². The van der Waals surface area contributed by atoms with E-state index in [-0.39, 0.29) is 29.7 Å². The molecular formula is C13H13IN2O3. The maximum Gasteiger partial charge on any atom is 0.273 e. The smallest absolute Gasteiger partial charge is 0.273 e. The van der Waals surface area contributed by atoms with Crippen molar-refractivity contribution < 1.29 is 38.2 Å². The van der Waals surface area contributed by atoms with Crippen molar-refractivity contribution in [3.8, 4) is 16.9 Å². The Balaban J connectivity index is 0.00000180. The number of aryl methyl sites for hydroxylation is 1. The molecule has 2 rings (SSSR count). The molecule has 5 nitrogen and oxygen atoms in total. The molecule has 0 saturated heterocycles. The van der Waals surface area contributed by atoms with E-state index in [0.717, 1.165) is 11.1 Å². The number of halogens is 1. The lowest BCUT2D eigenvalue weighted by atomic mass is 10.1. The minimum absolute atomic E-state index is 0. The zero-order valence-corrected chi connectivity index (χ0v) is 12.7. The van der Waals surface area contributed by atoms with E-state index in [0.29, 0.717) is 5.75 Å². The highest BCUT2D eigenvalue weighted by Crippen LogP contribution is 2.32. The molecular weight excluding hydrogens is 359 g/mol. The Labute approximate surface area is 128 Å². The fourth-order valence-corrected chi connectivity index (χ4v) is 1.71. The molecule has 0 bridgehead atoms. The molecule has 1 aromatic carbocycles. The Morgan fingerprint density at radius 2 is 1.84 bits per heavy atom. The van der Waals surface area contributed by atoms with Crippen LogP contribution >= 0.6 is 0 Å². The van der Waals surface area contributed by atoms with Gasteiger partial charge in [-0.05, 0) is 11.6 Å². The predicted molar refractivity (Wildman–Crippen MR) is 66.3 cm³/mol. The molecule has 0 atom stereocenters. The van der Waals surface area contributed by atoms with Crippen LogP contribution in [0, 0.1) is 10.1 Å². The Morgan fingerprint density at radius 1 is 1.21 bits per heavy atom. The predicted octanol–water partition coefficient (Wildman–Crippen LogP) is -0.901. The van der Waals surface area contributed by atoms with E-state index < -0.39 is 4.92 Å². The summed E-state index contributed by atoms with van der Waals surface area (Å²) in [5.41, 5.74) is 1.82. The van der Waals surface area contributed by atoms with Crippen LogP contribution in [0.3, 0.4) is 0 Å². The van der Waals surface area contributed by atoms with Crippen LogP contribution < -0.4 is 33.3 Å². The standard InChI is InChI=1S/C13H13N2O3.HI/c1-14-7-5-10(6-8-14)12-4-3-11(15(16)17)9-13(12)18-2;/h3-9H,1-2H3;1H/q+1;/p-1. The van der Waals surface area contributed by atoms with Crippen LogP contribution in [0.15, 0.2) is 42.7 Å². The highest BCUT2D eigenvalue weighted by atomic mass is 127. The van der Waals surface area contributed by atoms with E-state index in [4.69, 9.17) is 4.74 Å². The topological polar surface area (TPSA) is 56.3 Å². The Hall–Kier alpha value is -1.70. The van der Waals surface area contributed by atoms with Gasteiger partial charge in [0.25, 0.3) is 5.69 Å². The fourth-order valence-electron chi connectivity index (χ4n) is 1.71. The van der Waals surface area contributed by atoms with Gasteiger partial charge in [0, 0.05) is 23.8 Å². The first-order valence-corrected chi connectivity index (χ1v) is 5.40. The number of hydrogen-bond donors (Lipinski definition) is 0. The van der Waals surface area contributed by atoms with Crippen molar-refractivity contribution in [3.05, 3.63) is 52.8 Å². The van der Waals surface area contributed by atoms with Gasteiger partial charge >= 0.3 is 0 Å². The zero-order valence-electron chi connectivity index (χ0n) is 10.5. The van der Waals surface area contributed by atoms with Gasteiger partial charge in [0.05, 0.1) is 18.1 Å². The number of hydrogen-bond acceptors (Lipinski definition) is 3. The summed E-state index contributed by atoms with van der Waals surface area (Å²) >= 11 is 0. The van der Waals surface area contributed by atoms with Crippen molar-refractivity contribution in [1.29, 1.82) is 0 Å². The minimum atomic E-state index is -0.433. The van der Waals surface area contributed by atoms with Crippen molar-refractivity contribution >= 4 is 5.69 Å². The summed E-state index contributed by atoms with van der Waals surface area (Å²) in [6, 6.07) is 8.48. The van der Waals surface area contributed by atoms with Crippen LogP contribution in [0.5, 0.6) is 5.75 Å². The molecule has 1 aromatic heterocycles. The van der Waals surface area contributed by atoms with Gasteiger partial charge in [0.2, 0.25) is 0 Å². The summed E-state index contributed by atoms with van der Waals surface area (Å²) in [6.45, 7) is 0. The van der Waals surface area contributed by atoms with Gasteiger partial charge in [0.15, 0.2) is 12.4 Å². The number of nitro groups is 1. The Kier molecular flexibility index (Phi) is 5.22. The average molecular weight is 372 g/mol. The number of pyridine rings is 1. The van der Waals surface area contributed by atoms with Crippen molar-refractivity contribution in [3.63, 3.8) is 0 Å². The molecule has 0 aliphatic rings. The molecule has 0 aliphatic carbocycles. The molecule has 0 amide bonds. The van der Waals surface area contributed by atoms with Crippen LogP contribution in [0.25, 0.3) is 11.1 Å². The summed E-state index contributed by atoms with van der Waals surface area (Å²) in [7, 11) is 3.43. The molecule has 0 N–H and O–H groups in total.